The summed E-state index contributed by atoms with van der Waals surface area (Å²) in [6, 6.07) is 16.1. The van der Waals surface area contributed by atoms with Crippen LogP contribution < -0.4 is 10.6 Å². The Morgan fingerprint density at radius 2 is 1.92 bits per heavy atom. The average molecular weight is 520 g/mol. The third-order valence-corrected chi connectivity index (χ3v) is 6.08. The summed E-state index contributed by atoms with van der Waals surface area (Å²) in [5, 5.41) is 9.90. The standard InChI is InChI=1S/C27H28FN5OP2/c1-17-4-6-18(7-5-17)16-33(26(34)20-10-21(28)15-32-14-20)22-8-9-23(19(11-22)13-29)24(30)12-25(31-3)27(2,35)36/h4-12,14-15H,16,30,35-36H2,1-3H3. The molecule has 0 saturated carbocycles. The van der Waals surface area contributed by atoms with Crippen molar-refractivity contribution >= 4 is 41.5 Å². The van der Waals surface area contributed by atoms with Gasteiger partial charge in [-0.3, -0.25) is 14.8 Å². The molecule has 1 aromatic heterocycles. The van der Waals surface area contributed by atoms with E-state index < -0.39 is 11.7 Å². The van der Waals surface area contributed by atoms with Gasteiger partial charge in [-0.15, -0.1) is 18.5 Å². The van der Waals surface area contributed by atoms with Crippen molar-refractivity contribution in [2.45, 2.75) is 25.3 Å². The minimum atomic E-state index is -0.606. The Hall–Kier alpha value is -3.45. The summed E-state index contributed by atoms with van der Waals surface area (Å²) in [4.78, 5) is 22.7. The Labute approximate surface area is 215 Å². The quantitative estimate of drug-likeness (QED) is 0.348. The fraction of sp³-hybridized carbons (Fsp3) is 0.185. The molecule has 0 aliphatic carbocycles. The van der Waals surface area contributed by atoms with Crippen LogP contribution in [-0.4, -0.2) is 28.5 Å². The van der Waals surface area contributed by atoms with Gasteiger partial charge >= 0.3 is 0 Å². The number of nitriles is 1. The Morgan fingerprint density at radius 3 is 2.50 bits per heavy atom. The maximum absolute atomic E-state index is 13.8. The first-order chi connectivity index (χ1) is 17.0. The van der Waals surface area contributed by atoms with Crippen molar-refractivity contribution in [3.8, 4) is 6.07 Å². The highest BCUT2D eigenvalue weighted by atomic mass is 31.1. The molecule has 6 nitrogen and oxygen atoms in total. The van der Waals surface area contributed by atoms with E-state index in [4.69, 9.17) is 5.73 Å². The Morgan fingerprint density at radius 1 is 1.22 bits per heavy atom. The first-order valence-corrected chi connectivity index (χ1v) is 12.2. The number of aliphatic imine (C=N–C) groups is 1. The van der Waals surface area contributed by atoms with Gasteiger partial charge in [0.05, 0.1) is 29.9 Å². The van der Waals surface area contributed by atoms with E-state index in [1.165, 1.54) is 11.1 Å². The van der Waals surface area contributed by atoms with Gasteiger partial charge in [0.1, 0.15) is 5.82 Å². The van der Waals surface area contributed by atoms with Crippen LogP contribution in [0.1, 0.15) is 39.5 Å². The molecular formula is C27H28FN5OP2. The predicted molar refractivity (Wildman–Crippen MR) is 150 cm³/mol. The number of aryl methyl sites for hydroxylation is 1. The molecule has 0 aliphatic heterocycles. The van der Waals surface area contributed by atoms with Gasteiger partial charge in [-0.25, -0.2) is 4.39 Å². The summed E-state index contributed by atoms with van der Waals surface area (Å²) in [7, 11) is 7.04. The molecule has 0 radical (unpaired) electrons. The molecule has 2 N–H and O–H groups in total. The van der Waals surface area contributed by atoms with E-state index >= 15 is 0 Å². The molecule has 1 amide bonds. The molecule has 1 heterocycles. The van der Waals surface area contributed by atoms with Crippen LogP contribution in [0.5, 0.6) is 0 Å². The zero-order valence-electron chi connectivity index (χ0n) is 20.4. The van der Waals surface area contributed by atoms with Gasteiger partial charge in [0.15, 0.2) is 0 Å². The summed E-state index contributed by atoms with van der Waals surface area (Å²) in [5.74, 6) is -1.05. The third-order valence-electron chi connectivity index (χ3n) is 5.49. The second kappa shape index (κ2) is 11.5. The highest BCUT2D eigenvalue weighted by Gasteiger charge is 2.22. The number of allylic oxidation sites excluding steroid dienone is 1. The first kappa shape index (κ1) is 27.1. The molecule has 0 fully saturated rings. The number of pyridine rings is 1. The van der Waals surface area contributed by atoms with E-state index in [0.717, 1.165) is 29.1 Å². The molecule has 0 saturated heterocycles. The Bertz CT molecular complexity index is 1370. The minimum absolute atomic E-state index is 0.105. The Balaban J connectivity index is 2.07. The lowest BCUT2D eigenvalue weighted by atomic mass is 10.0. The molecule has 184 valence electrons. The van der Waals surface area contributed by atoms with Crippen LogP contribution >= 0.6 is 18.5 Å². The van der Waals surface area contributed by atoms with Crippen molar-refractivity contribution < 1.29 is 9.18 Å². The lowest BCUT2D eigenvalue weighted by Gasteiger charge is -2.24. The second-order valence-electron chi connectivity index (χ2n) is 8.60. The average Bonchev–Trinajstić information content (AvgIpc) is 2.85. The van der Waals surface area contributed by atoms with Crippen LogP contribution in [0.2, 0.25) is 0 Å². The molecule has 2 aromatic carbocycles. The van der Waals surface area contributed by atoms with Crippen LogP contribution in [0.3, 0.4) is 0 Å². The van der Waals surface area contributed by atoms with Gasteiger partial charge in [0.2, 0.25) is 0 Å². The number of benzene rings is 2. The summed E-state index contributed by atoms with van der Waals surface area (Å²) in [5.41, 5.74) is 10.8. The largest absolute Gasteiger partial charge is 0.398 e. The molecule has 2 unspecified atom stereocenters. The van der Waals surface area contributed by atoms with Crippen molar-refractivity contribution in [1.29, 1.82) is 5.26 Å². The van der Waals surface area contributed by atoms with Crippen LogP contribution in [0.4, 0.5) is 10.1 Å². The SMILES string of the molecule is CN=C(C=C(N)c1ccc(N(Cc2ccc(C)cc2)C(=O)c2cncc(F)c2)cc1C#N)C(C)(P)P. The molecule has 36 heavy (non-hydrogen) atoms. The number of hydrogen-bond donors (Lipinski definition) is 1. The smallest absolute Gasteiger partial charge is 0.260 e. The maximum Gasteiger partial charge on any atom is 0.260 e. The number of amides is 1. The molecule has 9 heteroatoms. The fourth-order valence-corrected chi connectivity index (χ4v) is 4.00. The second-order valence-corrected chi connectivity index (χ2v) is 11.7. The number of carbonyl (C=O) groups excluding carboxylic acids is 1. The van der Waals surface area contributed by atoms with E-state index in [2.05, 4.69) is 34.5 Å². The fourth-order valence-electron chi connectivity index (χ4n) is 3.57. The molecule has 3 aromatic rings. The van der Waals surface area contributed by atoms with Gasteiger partial charge in [-0.2, -0.15) is 5.26 Å². The molecule has 0 spiro atoms. The molecular weight excluding hydrogens is 491 g/mol. The zero-order chi connectivity index (χ0) is 26.5. The van der Waals surface area contributed by atoms with Crippen LogP contribution in [0.15, 0.2) is 72.0 Å². The van der Waals surface area contributed by atoms with E-state index in [-0.39, 0.29) is 17.0 Å². The van der Waals surface area contributed by atoms with Crippen molar-refractivity contribution in [3.05, 3.63) is 101 Å². The maximum atomic E-state index is 13.8. The first-order valence-electron chi connectivity index (χ1n) is 11.1. The lowest BCUT2D eigenvalue weighted by molar-refractivity contribution is 0.0984. The Kier molecular flexibility index (Phi) is 8.69. The van der Waals surface area contributed by atoms with Crippen LogP contribution in [0.25, 0.3) is 5.70 Å². The van der Waals surface area contributed by atoms with Gasteiger partial charge < -0.3 is 10.6 Å². The number of halogens is 1. The van der Waals surface area contributed by atoms with Crippen LogP contribution in [0, 0.1) is 24.1 Å². The molecule has 2 atom stereocenters. The highest BCUT2D eigenvalue weighted by Crippen LogP contribution is 2.30. The van der Waals surface area contributed by atoms with Gasteiger partial charge in [0.25, 0.3) is 5.91 Å². The topological polar surface area (TPSA) is 95.4 Å². The van der Waals surface area contributed by atoms with E-state index in [1.807, 2.05) is 38.1 Å². The summed E-state index contributed by atoms with van der Waals surface area (Å²) in [6.45, 7) is 4.15. The van der Waals surface area contributed by atoms with Crippen molar-refractivity contribution in [2.75, 3.05) is 11.9 Å². The van der Waals surface area contributed by atoms with Crippen molar-refractivity contribution in [3.63, 3.8) is 0 Å². The van der Waals surface area contributed by atoms with Gasteiger partial charge in [-0.1, -0.05) is 29.8 Å². The van der Waals surface area contributed by atoms with Crippen LogP contribution in [-0.2, 0) is 6.54 Å². The molecule has 3 rings (SSSR count). The lowest BCUT2D eigenvalue weighted by Crippen LogP contribution is -2.30. The summed E-state index contributed by atoms with van der Waals surface area (Å²) >= 11 is 0. The van der Waals surface area contributed by atoms with E-state index in [0.29, 0.717) is 22.5 Å². The van der Waals surface area contributed by atoms with Crippen molar-refractivity contribution in [2.24, 2.45) is 10.7 Å². The third kappa shape index (κ3) is 6.61. The predicted octanol–water partition coefficient (Wildman–Crippen LogP) is 5.08. The van der Waals surface area contributed by atoms with Gasteiger partial charge in [-0.05, 0) is 49.8 Å². The molecule has 0 bridgehead atoms. The zero-order valence-corrected chi connectivity index (χ0v) is 22.7. The number of aromatic nitrogens is 1. The number of carbonyl (C=O) groups is 1. The van der Waals surface area contributed by atoms with Gasteiger partial charge in [0, 0.05) is 40.8 Å². The monoisotopic (exact) mass is 519 g/mol. The summed E-state index contributed by atoms with van der Waals surface area (Å²) < 4.78 is 13.8. The number of nitrogens with two attached hydrogens (primary N) is 1. The molecule has 0 aliphatic rings. The van der Waals surface area contributed by atoms with Crippen molar-refractivity contribution in [1.82, 2.24) is 4.98 Å². The number of rotatable bonds is 7. The number of anilines is 1. The minimum Gasteiger partial charge on any atom is -0.398 e. The number of nitrogens with zero attached hydrogens (tertiary/aromatic N) is 4. The normalized spacial score (nSPS) is 12.2. The highest BCUT2D eigenvalue weighted by molar-refractivity contribution is 7.42. The summed E-state index contributed by atoms with van der Waals surface area (Å²) in [6.07, 6.45) is 4.09. The van der Waals surface area contributed by atoms with E-state index in [9.17, 15) is 14.4 Å². The number of hydrogen-bond acceptors (Lipinski definition) is 5. The van der Waals surface area contributed by atoms with E-state index in [1.54, 1.807) is 31.3 Å².